The Morgan fingerprint density at radius 2 is 1.78 bits per heavy atom. The number of esters is 1. The summed E-state index contributed by atoms with van der Waals surface area (Å²) in [6.07, 6.45) is 3.26. The molecule has 2 N–H and O–H groups in total. The number of hydrogen-bond donors (Lipinski definition) is 2. The molecule has 0 unspecified atom stereocenters. The highest BCUT2D eigenvalue weighted by Gasteiger charge is 2.25. The number of ether oxygens (including phenoxy) is 2. The van der Waals surface area contributed by atoms with Crippen LogP contribution in [0.25, 0.3) is 0 Å². The molecule has 27 heavy (non-hydrogen) atoms. The first-order valence-electron chi connectivity index (χ1n) is 9.40. The molecule has 1 fully saturated rings. The molecule has 0 aliphatic heterocycles. The lowest BCUT2D eigenvalue weighted by atomic mass is 9.91. The molecule has 0 saturated heterocycles. The minimum Gasteiger partial charge on any atom is -0.462 e. The molecule has 1 amide bonds. The highest BCUT2D eigenvalue weighted by molar-refractivity contribution is 9.10. The van der Waals surface area contributed by atoms with Gasteiger partial charge in [-0.1, -0.05) is 0 Å². The van der Waals surface area contributed by atoms with E-state index in [-0.39, 0.29) is 24.1 Å². The van der Waals surface area contributed by atoms with Gasteiger partial charge in [0, 0.05) is 22.2 Å². The monoisotopic (exact) mass is 440 g/mol. The molecule has 0 bridgehead atoms. The van der Waals surface area contributed by atoms with Crippen molar-refractivity contribution in [1.82, 2.24) is 5.32 Å². The van der Waals surface area contributed by atoms with Crippen LogP contribution in [-0.4, -0.2) is 36.4 Å². The lowest BCUT2D eigenvalue weighted by Crippen LogP contribution is -2.42. The average Bonchev–Trinajstić information content (AvgIpc) is 2.57. The Balaban J connectivity index is 1.87. The largest absolute Gasteiger partial charge is 0.462 e. The van der Waals surface area contributed by atoms with E-state index in [2.05, 4.69) is 26.6 Å². The summed E-state index contributed by atoms with van der Waals surface area (Å²) in [6, 6.07) is 5.83. The van der Waals surface area contributed by atoms with Crippen molar-refractivity contribution in [3.8, 4) is 0 Å². The van der Waals surface area contributed by atoms with Crippen LogP contribution in [0.4, 0.5) is 10.5 Å². The maximum atomic E-state index is 11.9. The molecule has 0 spiro atoms. The van der Waals surface area contributed by atoms with E-state index in [9.17, 15) is 9.59 Å². The number of halogens is 1. The number of amides is 1. The minimum atomic E-state index is -0.487. The second-order valence-electron chi connectivity index (χ2n) is 7.75. The Morgan fingerprint density at radius 1 is 1.15 bits per heavy atom. The molecule has 1 saturated carbocycles. The van der Waals surface area contributed by atoms with Gasteiger partial charge in [-0.05, 0) is 87.5 Å². The van der Waals surface area contributed by atoms with Crippen molar-refractivity contribution in [1.29, 1.82) is 0 Å². The van der Waals surface area contributed by atoms with E-state index < -0.39 is 5.60 Å². The second-order valence-corrected chi connectivity index (χ2v) is 8.61. The van der Waals surface area contributed by atoms with Crippen molar-refractivity contribution in [3.63, 3.8) is 0 Å². The Hall–Kier alpha value is -1.76. The third kappa shape index (κ3) is 7.05. The lowest BCUT2D eigenvalue weighted by Gasteiger charge is -2.31. The number of alkyl carbamates (subject to hydrolysis) is 1. The molecule has 1 aromatic rings. The normalized spacial score (nSPS) is 19.9. The van der Waals surface area contributed by atoms with Gasteiger partial charge in [0.1, 0.15) is 5.60 Å². The number of nitrogens with one attached hydrogen (secondary N) is 2. The van der Waals surface area contributed by atoms with E-state index in [0.29, 0.717) is 12.2 Å². The Labute approximate surface area is 169 Å². The predicted molar refractivity (Wildman–Crippen MR) is 109 cm³/mol. The SMILES string of the molecule is CCOC(=O)c1ccc(Br)c(NC2CCC(NC(=O)OC(C)(C)C)CC2)c1. The fraction of sp³-hybridized carbons (Fsp3) is 0.600. The summed E-state index contributed by atoms with van der Waals surface area (Å²) in [5.41, 5.74) is 0.922. The van der Waals surface area contributed by atoms with E-state index >= 15 is 0 Å². The van der Waals surface area contributed by atoms with Crippen LogP contribution in [0, 0.1) is 0 Å². The topological polar surface area (TPSA) is 76.7 Å². The van der Waals surface area contributed by atoms with Crippen molar-refractivity contribution in [2.75, 3.05) is 11.9 Å². The summed E-state index contributed by atoms with van der Waals surface area (Å²) >= 11 is 3.53. The smallest absolute Gasteiger partial charge is 0.407 e. The van der Waals surface area contributed by atoms with E-state index in [0.717, 1.165) is 35.8 Å². The molecule has 0 atom stereocenters. The molecule has 0 heterocycles. The van der Waals surface area contributed by atoms with Gasteiger partial charge < -0.3 is 20.1 Å². The molecule has 0 aromatic heterocycles. The molecule has 6 nitrogen and oxygen atoms in total. The maximum absolute atomic E-state index is 11.9. The highest BCUT2D eigenvalue weighted by atomic mass is 79.9. The summed E-state index contributed by atoms with van der Waals surface area (Å²) < 4.78 is 11.3. The Morgan fingerprint density at radius 3 is 2.37 bits per heavy atom. The Bertz CT molecular complexity index is 664. The zero-order valence-corrected chi connectivity index (χ0v) is 18.0. The summed E-state index contributed by atoms with van der Waals surface area (Å²) in [5.74, 6) is -0.321. The average molecular weight is 441 g/mol. The highest BCUT2D eigenvalue weighted by Crippen LogP contribution is 2.28. The molecular weight excluding hydrogens is 412 g/mol. The van der Waals surface area contributed by atoms with Gasteiger partial charge >= 0.3 is 12.1 Å². The third-order valence-electron chi connectivity index (χ3n) is 4.29. The van der Waals surface area contributed by atoms with E-state index in [1.54, 1.807) is 13.0 Å². The zero-order chi connectivity index (χ0) is 20.0. The number of benzene rings is 1. The maximum Gasteiger partial charge on any atom is 0.407 e. The summed E-state index contributed by atoms with van der Waals surface area (Å²) in [5, 5.41) is 6.45. The van der Waals surface area contributed by atoms with Crippen molar-refractivity contribution in [2.45, 2.75) is 71.1 Å². The van der Waals surface area contributed by atoms with Crippen LogP contribution in [0.2, 0.25) is 0 Å². The number of carbonyl (C=O) groups excluding carboxylic acids is 2. The first-order valence-corrected chi connectivity index (χ1v) is 10.2. The van der Waals surface area contributed by atoms with Gasteiger partial charge in [0.25, 0.3) is 0 Å². The summed E-state index contributed by atoms with van der Waals surface area (Å²) in [7, 11) is 0. The summed E-state index contributed by atoms with van der Waals surface area (Å²) in [6.45, 7) is 7.72. The van der Waals surface area contributed by atoms with E-state index in [1.165, 1.54) is 0 Å². The van der Waals surface area contributed by atoms with Gasteiger partial charge in [-0.2, -0.15) is 0 Å². The fourth-order valence-electron chi connectivity index (χ4n) is 3.05. The van der Waals surface area contributed by atoms with E-state index in [4.69, 9.17) is 9.47 Å². The molecule has 150 valence electrons. The van der Waals surface area contributed by atoms with Crippen molar-refractivity contribution in [3.05, 3.63) is 28.2 Å². The molecule has 1 aliphatic rings. The number of anilines is 1. The van der Waals surface area contributed by atoms with Gasteiger partial charge in [0.2, 0.25) is 0 Å². The van der Waals surface area contributed by atoms with Crippen LogP contribution in [0.3, 0.4) is 0 Å². The third-order valence-corrected chi connectivity index (χ3v) is 4.98. The van der Waals surface area contributed by atoms with Crippen molar-refractivity contribution < 1.29 is 19.1 Å². The van der Waals surface area contributed by atoms with Crippen molar-refractivity contribution in [2.24, 2.45) is 0 Å². The van der Waals surface area contributed by atoms with Crippen LogP contribution < -0.4 is 10.6 Å². The quantitative estimate of drug-likeness (QED) is 0.638. The number of rotatable bonds is 5. The van der Waals surface area contributed by atoms with Gasteiger partial charge in [-0.15, -0.1) is 0 Å². The molecule has 0 radical (unpaired) electrons. The number of carbonyl (C=O) groups is 2. The van der Waals surface area contributed by atoms with Crippen LogP contribution >= 0.6 is 15.9 Å². The molecule has 1 aliphatic carbocycles. The van der Waals surface area contributed by atoms with Crippen LogP contribution in [-0.2, 0) is 9.47 Å². The van der Waals surface area contributed by atoms with Gasteiger partial charge in [0.15, 0.2) is 0 Å². The van der Waals surface area contributed by atoms with Crippen LogP contribution in [0.1, 0.15) is 63.7 Å². The first-order chi connectivity index (χ1) is 12.7. The Kier molecular flexibility index (Phi) is 7.53. The molecule has 1 aromatic carbocycles. The second kappa shape index (κ2) is 9.44. The standard InChI is InChI=1S/C20H29BrN2O4/c1-5-26-18(24)13-6-11-16(21)17(12-13)22-14-7-9-15(10-8-14)23-19(25)27-20(2,3)4/h6,11-12,14-15,22H,5,7-10H2,1-4H3,(H,23,25). The molecule has 7 heteroatoms. The van der Waals surface area contributed by atoms with Gasteiger partial charge in [0.05, 0.1) is 12.2 Å². The predicted octanol–water partition coefficient (Wildman–Crippen LogP) is 4.87. The summed E-state index contributed by atoms with van der Waals surface area (Å²) in [4.78, 5) is 23.8. The lowest BCUT2D eigenvalue weighted by molar-refractivity contribution is 0.0489. The van der Waals surface area contributed by atoms with Crippen molar-refractivity contribution >= 4 is 33.7 Å². The van der Waals surface area contributed by atoms with Crippen LogP contribution in [0.15, 0.2) is 22.7 Å². The van der Waals surface area contributed by atoms with Crippen LogP contribution in [0.5, 0.6) is 0 Å². The molecule has 2 rings (SSSR count). The minimum absolute atomic E-state index is 0.132. The molecular formula is C20H29BrN2O4. The van der Waals surface area contributed by atoms with E-state index in [1.807, 2.05) is 32.9 Å². The fourth-order valence-corrected chi connectivity index (χ4v) is 3.41. The zero-order valence-electron chi connectivity index (χ0n) is 16.4. The van der Waals surface area contributed by atoms with Gasteiger partial charge in [-0.3, -0.25) is 0 Å². The first kappa shape index (κ1) is 21.5. The van der Waals surface area contributed by atoms with Gasteiger partial charge in [-0.25, -0.2) is 9.59 Å². The number of hydrogen-bond acceptors (Lipinski definition) is 5.